The molecule has 0 spiro atoms. The predicted octanol–water partition coefficient (Wildman–Crippen LogP) is 4.41. The Labute approximate surface area is 171 Å². The van der Waals surface area contributed by atoms with E-state index in [0.29, 0.717) is 17.7 Å². The van der Waals surface area contributed by atoms with Gasteiger partial charge in [-0.2, -0.15) is 13.2 Å². The Hall–Kier alpha value is -2.85. The molecule has 1 heterocycles. The highest BCUT2D eigenvalue weighted by Gasteiger charge is 2.36. The number of alkyl halides is 3. The molecule has 0 aliphatic rings. The Morgan fingerprint density at radius 3 is 2.37 bits per heavy atom. The van der Waals surface area contributed by atoms with E-state index >= 15 is 0 Å². The molecule has 0 amide bonds. The minimum atomic E-state index is -4.68. The van der Waals surface area contributed by atoms with E-state index in [0.717, 1.165) is 11.6 Å². The third-order valence-electron chi connectivity index (χ3n) is 4.45. The monoisotopic (exact) mass is 440 g/mol. The van der Waals surface area contributed by atoms with Crippen LogP contribution >= 0.6 is 0 Å². The van der Waals surface area contributed by atoms with Crippen LogP contribution in [0.2, 0.25) is 0 Å². The van der Waals surface area contributed by atoms with Crippen molar-refractivity contribution in [3.8, 4) is 17.0 Å². The van der Waals surface area contributed by atoms with Crippen LogP contribution in [-0.4, -0.2) is 20.7 Å². The topological polar surface area (TPSA) is 81.4 Å². The standard InChI is InChI=1S/C20H19F3N2O4S/c1-3-14-6-7-15(17-11-19(29-25-17)20(21,22)23)10-18(14)30(26,27)24-12-13-4-8-16(28-2)9-5-13/h4-11,24H,3,12H2,1-2H3. The number of aromatic nitrogens is 1. The van der Waals surface area contributed by atoms with Crippen molar-refractivity contribution in [3.63, 3.8) is 0 Å². The number of sulfonamides is 1. The number of nitrogens with one attached hydrogen (secondary N) is 1. The molecule has 0 saturated heterocycles. The SMILES string of the molecule is CCc1ccc(-c2cc(C(F)(F)F)on2)cc1S(=O)(=O)NCc1ccc(OC)cc1. The first-order valence-corrected chi connectivity index (χ1v) is 10.4. The molecule has 0 saturated carbocycles. The number of benzene rings is 2. The minimum Gasteiger partial charge on any atom is -0.497 e. The van der Waals surface area contributed by atoms with Crippen LogP contribution in [0.1, 0.15) is 23.8 Å². The van der Waals surface area contributed by atoms with E-state index in [1.807, 2.05) is 0 Å². The van der Waals surface area contributed by atoms with Crippen molar-refractivity contribution in [2.45, 2.75) is 31.0 Å². The van der Waals surface area contributed by atoms with Crippen molar-refractivity contribution in [1.29, 1.82) is 0 Å². The van der Waals surface area contributed by atoms with Gasteiger partial charge in [0.05, 0.1) is 12.0 Å². The van der Waals surface area contributed by atoms with Crippen LogP contribution in [0.4, 0.5) is 13.2 Å². The normalized spacial score (nSPS) is 12.2. The average molecular weight is 440 g/mol. The van der Waals surface area contributed by atoms with Gasteiger partial charge in [0.25, 0.3) is 0 Å². The summed E-state index contributed by atoms with van der Waals surface area (Å²) in [6.45, 7) is 1.83. The summed E-state index contributed by atoms with van der Waals surface area (Å²) >= 11 is 0. The summed E-state index contributed by atoms with van der Waals surface area (Å²) in [5.41, 5.74) is 1.35. The molecular weight excluding hydrogens is 421 g/mol. The molecule has 0 fully saturated rings. The maximum absolute atomic E-state index is 12.9. The lowest BCUT2D eigenvalue weighted by atomic mass is 10.1. The van der Waals surface area contributed by atoms with Crippen LogP contribution in [0, 0.1) is 0 Å². The third-order valence-corrected chi connectivity index (χ3v) is 5.93. The highest BCUT2D eigenvalue weighted by Crippen LogP contribution is 2.33. The molecular formula is C20H19F3N2O4S. The van der Waals surface area contributed by atoms with Crippen molar-refractivity contribution >= 4 is 10.0 Å². The lowest BCUT2D eigenvalue weighted by Crippen LogP contribution is -2.24. The summed E-state index contributed by atoms with van der Waals surface area (Å²) in [5, 5.41) is 3.42. The number of hydrogen-bond donors (Lipinski definition) is 1. The molecule has 1 aromatic heterocycles. The van der Waals surface area contributed by atoms with Crippen LogP contribution in [0.15, 0.2) is 57.9 Å². The molecule has 3 aromatic rings. The highest BCUT2D eigenvalue weighted by molar-refractivity contribution is 7.89. The van der Waals surface area contributed by atoms with Gasteiger partial charge in [0.15, 0.2) is 0 Å². The number of ether oxygens (including phenoxy) is 1. The van der Waals surface area contributed by atoms with Crippen molar-refractivity contribution in [2.75, 3.05) is 7.11 Å². The van der Waals surface area contributed by atoms with Crippen LogP contribution in [0.3, 0.4) is 0 Å². The zero-order valence-electron chi connectivity index (χ0n) is 16.2. The fourth-order valence-electron chi connectivity index (χ4n) is 2.80. The fraction of sp³-hybridized carbons (Fsp3) is 0.250. The van der Waals surface area contributed by atoms with E-state index in [1.54, 1.807) is 37.3 Å². The summed E-state index contributed by atoms with van der Waals surface area (Å²) in [6, 6.07) is 12.0. The van der Waals surface area contributed by atoms with Gasteiger partial charge in [-0.25, -0.2) is 13.1 Å². The summed E-state index contributed by atoms with van der Waals surface area (Å²) in [7, 11) is -2.40. The summed E-state index contributed by atoms with van der Waals surface area (Å²) < 4.78 is 76.0. The number of methoxy groups -OCH3 is 1. The molecule has 6 nitrogen and oxygen atoms in total. The second-order valence-electron chi connectivity index (χ2n) is 6.42. The lowest BCUT2D eigenvalue weighted by molar-refractivity contribution is -0.155. The van der Waals surface area contributed by atoms with Crippen molar-refractivity contribution in [2.24, 2.45) is 0 Å². The molecule has 160 valence electrons. The number of nitrogens with zero attached hydrogens (tertiary/aromatic N) is 1. The maximum Gasteiger partial charge on any atom is 0.452 e. The van der Waals surface area contributed by atoms with E-state index in [4.69, 9.17) is 4.74 Å². The molecule has 1 N–H and O–H groups in total. The molecule has 2 aromatic carbocycles. The van der Waals surface area contributed by atoms with E-state index < -0.39 is 22.0 Å². The molecule has 10 heteroatoms. The van der Waals surface area contributed by atoms with Crippen LogP contribution in [-0.2, 0) is 29.2 Å². The van der Waals surface area contributed by atoms with Gasteiger partial charge in [0.2, 0.25) is 15.8 Å². The third kappa shape index (κ3) is 4.82. The number of halogens is 3. The molecule has 0 radical (unpaired) electrons. The molecule has 0 aliphatic heterocycles. The maximum atomic E-state index is 12.9. The lowest BCUT2D eigenvalue weighted by Gasteiger charge is -2.12. The minimum absolute atomic E-state index is 0.0208. The first-order valence-electron chi connectivity index (χ1n) is 8.94. The quantitative estimate of drug-likeness (QED) is 0.589. The number of hydrogen-bond acceptors (Lipinski definition) is 5. The Bertz CT molecular complexity index is 1120. The zero-order valence-corrected chi connectivity index (χ0v) is 17.0. The van der Waals surface area contributed by atoms with Crippen molar-refractivity contribution < 1.29 is 30.8 Å². The van der Waals surface area contributed by atoms with Crippen molar-refractivity contribution in [3.05, 3.63) is 65.4 Å². The number of rotatable bonds is 7. The predicted molar refractivity (Wildman–Crippen MR) is 103 cm³/mol. The van der Waals surface area contributed by atoms with Gasteiger partial charge in [-0.15, -0.1) is 0 Å². The van der Waals surface area contributed by atoms with Gasteiger partial charge in [-0.1, -0.05) is 36.3 Å². The summed E-state index contributed by atoms with van der Waals surface area (Å²) in [5.74, 6) is -0.604. The Morgan fingerprint density at radius 1 is 1.10 bits per heavy atom. The summed E-state index contributed by atoms with van der Waals surface area (Å²) in [4.78, 5) is -0.0208. The van der Waals surface area contributed by atoms with E-state index in [2.05, 4.69) is 14.4 Å². The zero-order chi connectivity index (χ0) is 21.9. The Morgan fingerprint density at radius 2 is 1.80 bits per heavy atom. The Balaban J connectivity index is 1.89. The molecule has 3 rings (SSSR count). The van der Waals surface area contributed by atoms with Gasteiger partial charge in [0.1, 0.15) is 11.4 Å². The largest absolute Gasteiger partial charge is 0.497 e. The fourth-order valence-corrected chi connectivity index (χ4v) is 4.15. The Kier molecular flexibility index (Phi) is 6.18. The molecule has 0 aliphatic carbocycles. The second-order valence-corrected chi connectivity index (χ2v) is 8.16. The van der Waals surface area contributed by atoms with Gasteiger partial charge in [-0.05, 0) is 35.7 Å². The molecule has 0 unspecified atom stereocenters. The first-order chi connectivity index (χ1) is 14.1. The number of aryl methyl sites for hydroxylation is 1. The summed E-state index contributed by atoms with van der Waals surface area (Å²) in [6.07, 6.45) is -4.25. The molecule has 30 heavy (non-hydrogen) atoms. The van der Waals surface area contributed by atoms with E-state index in [1.165, 1.54) is 19.2 Å². The van der Waals surface area contributed by atoms with Gasteiger partial charge in [-0.3, -0.25) is 0 Å². The second kappa shape index (κ2) is 8.49. The smallest absolute Gasteiger partial charge is 0.452 e. The first kappa shape index (κ1) is 21.8. The molecule has 0 atom stereocenters. The van der Waals surface area contributed by atoms with Crippen LogP contribution in [0.25, 0.3) is 11.3 Å². The van der Waals surface area contributed by atoms with Gasteiger partial charge >= 0.3 is 6.18 Å². The van der Waals surface area contributed by atoms with Crippen LogP contribution in [0.5, 0.6) is 5.75 Å². The van der Waals surface area contributed by atoms with Gasteiger partial charge in [0, 0.05) is 18.2 Å². The van der Waals surface area contributed by atoms with E-state index in [9.17, 15) is 21.6 Å². The average Bonchev–Trinajstić information content (AvgIpc) is 3.23. The highest BCUT2D eigenvalue weighted by atomic mass is 32.2. The van der Waals surface area contributed by atoms with Gasteiger partial charge < -0.3 is 9.26 Å². The van der Waals surface area contributed by atoms with Crippen molar-refractivity contribution in [1.82, 2.24) is 9.88 Å². The van der Waals surface area contributed by atoms with Crippen LogP contribution < -0.4 is 9.46 Å². The van der Waals surface area contributed by atoms with E-state index in [-0.39, 0.29) is 22.7 Å². The molecule has 0 bridgehead atoms.